The van der Waals surface area contributed by atoms with E-state index in [9.17, 15) is 4.79 Å². The summed E-state index contributed by atoms with van der Waals surface area (Å²) in [4.78, 5) is 10.8. The predicted octanol–water partition coefficient (Wildman–Crippen LogP) is 0.732. The molecular formula is C8H14O3. The lowest BCUT2D eigenvalue weighted by atomic mass is 9.98. The molecule has 0 aromatic heterocycles. The van der Waals surface area contributed by atoms with Gasteiger partial charge in [-0.3, -0.25) is 0 Å². The van der Waals surface area contributed by atoms with Crippen molar-refractivity contribution in [3.63, 3.8) is 0 Å². The number of esters is 1. The summed E-state index contributed by atoms with van der Waals surface area (Å²) in [5.41, 5.74) is 0.308. The number of ether oxygens (including phenoxy) is 1. The zero-order chi connectivity index (χ0) is 9.02. The van der Waals surface area contributed by atoms with Crippen molar-refractivity contribution >= 4 is 5.97 Å². The Morgan fingerprint density at radius 3 is 2.27 bits per heavy atom. The van der Waals surface area contributed by atoms with Crippen LogP contribution in [-0.2, 0) is 9.53 Å². The van der Waals surface area contributed by atoms with Crippen molar-refractivity contribution in [2.75, 3.05) is 7.11 Å². The Morgan fingerprint density at radius 2 is 2.00 bits per heavy atom. The zero-order valence-electron chi connectivity index (χ0n) is 7.13. The van der Waals surface area contributed by atoms with Gasteiger partial charge in [-0.15, -0.1) is 0 Å². The topological polar surface area (TPSA) is 46.5 Å². The molecule has 0 unspecified atom stereocenters. The summed E-state index contributed by atoms with van der Waals surface area (Å²) < 4.78 is 4.43. The number of aliphatic hydroxyl groups excluding tert-OH is 1. The quantitative estimate of drug-likeness (QED) is 0.486. The maximum absolute atomic E-state index is 10.8. The summed E-state index contributed by atoms with van der Waals surface area (Å²) in [6, 6.07) is 0. The van der Waals surface area contributed by atoms with Crippen LogP contribution in [0.5, 0.6) is 0 Å². The summed E-state index contributed by atoms with van der Waals surface area (Å²) in [7, 11) is 1.29. The minimum Gasteiger partial charge on any atom is -0.466 e. The van der Waals surface area contributed by atoms with Gasteiger partial charge in [0.1, 0.15) is 0 Å². The second-order valence-corrected chi connectivity index (χ2v) is 2.55. The lowest BCUT2D eigenvalue weighted by Gasteiger charge is -2.14. The number of hydrogen-bond acceptors (Lipinski definition) is 3. The Kier molecular flexibility index (Phi) is 3.82. The van der Waals surface area contributed by atoms with Gasteiger partial charge in [0.25, 0.3) is 0 Å². The minimum atomic E-state index is -0.568. The third-order valence-electron chi connectivity index (χ3n) is 1.72. The van der Waals surface area contributed by atoms with E-state index in [0.29, 0.717) is 5.57 Å². The summed E-state index contributed by atoms with van der Waals surface area (Å²) >= 11 is 0. The summed E-state index contributed by atoms with van der Waals surface area (Å²) in [5, 5.41) is 9.07. The van der Waals surface area contributed by atoms with Crippen molar-refractivity contribution in [2.45, 2.75) is 20.0 Å². The van der Waals surface area contributed by atoms with Crippen LogP contribution in [0.1, 0.15) is 13.8 Å². The summed E-state index contributed by atoms with van der Waals surface area (Å²) in [6.45, 7) is 6.85. The average molecular weight is 158 g/mol. The monoisotopic (exact) mass is 158 g/mol. The van der Waals surface area contributed by atoms with Crippen LogP contribution >= 0.6 is 0 Å². The molecule has 0 radical (unpaired) electrons. The van der Waals surface area contributed by atoms with Crippen LogP contribution in [0.2, 0.25) is 0 Å². The molecule has 3 nitrogen and oxygen atoms in total. The van der Waals surface area contributed by atoms with Crippen molar-refractivity contribution in [1.82, 2.24) is 0 Å². The molecule has 1 N–H and O–H groups in total. The summed E-state index contributed by atoms with van der Waals surface area (Å²) in [5.74, 6) is -0.708. The van der Waals surface area contributed by atoms with E-state index < -0.39 is 12.1 Å². The SMILES string of the molecule is C=C(C(=O)OC)[C@@H](C)[C@@H](C)O. The van der Waals surface area contributed by atoms with Gasteiger partial charge in [0, 0.05) is 11.5 Å². The van der Waals surface area contributed by atoms with Gasteiger partial charge < -0.3 is 9.84 Å². The molecular weight excluding hydrogens is 144 g/mol. The van der Waals surface area contributed by atoms with Crippen LogP contribution in [0.3, 0.4) is 0 Å². The fraction of sp³-hybridized carbons (Fsp3) is 0.625. The molecule has 0 aromatic rings. The number of rotatable bonds is 3. The molecule has 0 aliphatic rings. The third kappa shape index (κ3) is 2.72. The Balaban J connectivity index is 4.14. The van der Waals surface area contributed by atoms with Gasteiger partial charge in [-0.2, -0.15) is 0 Å². The van der Waals surface area contributed by atoms with Gasteiger partial charge in [-0.1, -0.05) is 13.5 Å². The molecule has 0 saturated carbocycles. The Labute approximate surface area is 66.7 Å². The van der Waals surface area contributed by atoms with Gasteiger partial charge in [-0.25, -0.2) is 4.79 Å². The molecule has 0 aromatic carbocycles. The second kappa shape index (κ2) is 4.13. The molecule has 0 aliphatic heterocycles. The first-order valence-electron chi connectivity index (χ1n) is 3.45. The van der Waals surface area contributed by atoms with Crippen LogP contribution in [0.25, 0.3) is 0 Å². The van der Waals surface area contributed by atoms with E-state index in [2.05, 4.69) is 11.3 Å². The molecule has 0 amide bonds. The molecule has 0 rings (SSSR count). The number of methoxy groups -OCH3 is 1. The average Bonchev–Trinajstić information content (AvgIpc) is 2.00. The highest BCUT2D eigenvalue weighted by Gasteiger charge is 2.18. The highest BCUT2D eigenvalue weighted by atomic mass is 16.5. The molecule has 0 bridgehead atoms. The van der Waals surface area contributed by atoms with Crippen molar-refractivity contribution in [3.05, 3.63) is 12.2 Å². The van der Waals surface area contributed by atoms with Crippen LogP contribution in [-0.4, -0.2) is 24.3 Å². The fourth-order valence-electron chi connectivity index (χ4n) is 0.608. The van der Waals surface area contributed by atoms with Crippen LogP contribution in [0, 0.1) is 5.92 Å². The zero-order valence-corrected chi connectivity index (χ0v) is 7.13. The Hall–Kier alpha value is -0.830. The van der Waals surface area contributed by atoms with Gasteiger partial charge >= 0.3 is 5.97 Å². The van der Waals surface area contributed by atoms with Gasteiger partial charge in [0.2, 0.25) is 0 Å². The molecule has 2 atom stereocenters. The normalized spacial score (nSPS) is 15.3. The third-order valence-corrected chi connectivity index (χ3v) is 1.72. The number of aliphatic hydroxyl groups is 1. The van der Waals surface area contributed by atoms with Crippen LogP contribution in [0.15, 0.2) is 12.2 Å². The standard InChI is InChI=1S/C8H14O3/c1-5(7(3)9)6(2)8(10)11-4/h5,7,9H,2H2,1,3-4H3/t5-,7-/m1/s1. The second-order valence-electron chi connectivity index (χ2n) is 2.55. The molecule has 11 heavy (non-hydrogen) atoms. The first-order chi connectivity index (χ1) is 5.00. The van der Waals surface area contributed by atoms with E-state index in [1.807, 2.05) is 0 Å². The van der Waals surface area contributed by atoms with Crippen molar-refractivity contribution in [3.8, 4) is 0 Å². The molecule has 3 heteroatoms. The van der Waals surface area contributed by atoms with E-state index in [-0.39, 0.29) is 5.92 Å². The predicted molar refractivity (Wildman–Crippen MR) is 42.0 cm³/mol. The van der Waals surface area contributed by atoms with Crippen molar-refractivity contribution < 1.29 is 14.6 Å². The first kappa shape index (κ1) is 10.2. The molecule has 0 spiro atoms. The van der Waals surface area contributed by atoms with Gasteiger partial charge in [0.15, 0.2) is 0 Å². The fourth-order valence-corrected chi connectivity index (χ4v) is 0.608. The largest absolute Gasteiger partial charge is 0.466 e. The number of hydrogen-bond donors (Lipinski definition) is 1. The van der Waals surface area contributed by atoms with Crippen molar-refractivity contribution in [1.29, 1.82) is 0 Å². The van der Waals surface area contributed by atoms with E-state index in [1.165, 1.54) is 7.11 Å². The highest BCUT2D eigenvalue weighted by molar-refractivity contribution is 5.88. The molecule has 0 saturated heterocycles. The molecule has 0 heterocycles. The van der Waals surface area contributed by atoms with Crippen LogP contribution in [0.4, 0.5) is 0 Å². The number of carbonyl (C=O) groups is 1. The Bertz CT molecular complexity index is 161. The lowest BCUT2D eigenvalue weighted by molar-refractivity contribution is -0.137. The smallest absolute Gasteiger partial charge is 0.333 e. The highest BCUT2D eigenvalue weighted by Crippen LogP contribution is 2.13. The molecule has 64 valence electrons. The Morgan fingerprint density at radius 1 is 1.55 bits per heavy atom. The first-order valence-corrected chi connectivity index (χ1v) is 3.45. The summed E-state index contributed by atoms with van der Waals surface area (Å²) in [6.07, 6.45) is -0.568. The maximum Gasteiger partial charge on any atom is 0.333 e. The van der Waals surface area contributed by atoms with E-state index >= 15 is 0 Å². The van der Waals surface area contributed by atoms with Gasteiger partial charge in [0.05, 0.1) is 13.2 Å². The molecule has 0 aliphatic carbocycles. The minimum absolute atomic E-state index is 0.248. The lowest BCUT2D eigenvalue weighted by Crippen LogP contribution is -2.20. The van der Waals surface area contributed by atoms with E-state index in [0.717, 1.165) is 0 Å². The van der Waals surface area contributed by atoms with Gasteiger partial charge in [-0.05, 0) is 6.92 Å². The van der Waals surface area contributed by atoms with Crippen LogP contribution < -0.4 is 0 Å². The maximum atomic E-state index is 10.8. The van der Waals surface area contributed by atoms with Crippen molar-refractivity contribution in [2.24, 2.45) is 5.92 Å². The van der Waals surface area contributed by atoms with E-state index in [1.54, 1.807) is 13.8 Å². The van der Waals surface area contributed by atoms with E-state index in [4.69, 9.17) is 5.11 Å². The molecule has 0 fully saturated rings. The number of carbonyl (C=O) groups excluding carboxylic acids is 1.